The summed E-state index contributed by atoms with van der Waals surface area (Å²) in [6.45, 7) is 5.65. The number of aromatic nitrogens is 1. The smallest absolute Gasteiger partial charge is 0.341 e. The zero-order chi connectivity index (χ0) is 26.0. The fourth-order valence-electron chi connectivity index (χ4n) is 3.65. The molecule has 0 atom stereocenters. The van der Waals surface area contributed by atoms with Crippen LogP contribution in [0.3, 0.4) is 0 Å². The van der Waals surface area contributed by atoms with Crippen LogP contribution < -0.4 is 9.47 Å². The third kappa shape index (κ3) is 6.98. The molecule has 3 aromatic carbocycles. The van der Waals surface area contributed by atoms with Gasteiger partial charge in [-0.15, -0.1) is 0 Å². The summed E-state index contributed by atoms with van der Waals surface area (Å²) in [6.07, 6.45) is 0.941. The van der Waals surface area contributed by atoms with Crippen molar-refractivity contribution in [3.8, 4) is 23.0 Å². The Kier molecular flexibility index (Phi) is 8.94. The number of carbonyl (C=O) groups excluding carboxylic acids is 1. The van der Waals surface area contributed by atoms with Gasteiger partial charge in [0.15, 0.2) is 0 Å². The van der Waals surface area contributed by atoms with Gasteiger partial charge in [-0.05, 0) is 60.9 Å². The fraction of sp³-hybridized carbons (Fsp3) is 0.267. The highest BCUT2D eigenvalue weighted by Gasteiger charge is 2.15. The largest absolute Gasteiger partial charge is 0.488 e. The fourth-order valence-corrected chi connectivity index (χ4v) is 3.65. The molecule has 7 nitrogen and oxygen atoms in total. The molecular weight excluding hydrogens is 470 g/mol. The number of esters is 1. The van der Waals surface area contributed by atoms with E-state index in [1.54, 1.807) is 6.07 Å². The number of methoxy groups -OCH3 is 1. The molecule has 0 N–H and O–H groups in total. The Morgan fingerprint density at radius 1 is 0.892 bits per heavy atom. The second kappa shape index (κ2) is 12.7. The van der Waals surface area contributed by atoms with E-state index >= 15 is 0 Å². The number of carbonyl (C=O) groups is 1. The van der Waals surface area contributed by atoms with Crippen LogP contribution in [0.5, 0.6) is 11.5 Å². The SMILES string of the molecule is CCCOCc1ccc(C(=O)OC)c(OCc2ccc(OCc3nc(-c4ccccc4)oc3C)cc2)c1. The molecule has 0 saturated carbocycles. The molecule has 0 fully saturated rings. The van der Waals surface area contributed by atoms with E-state index in [-0.39, 0.29) is 6.61 Å². The number of hydrogen-bond donors (Lipinski definition) is 0. The predicted molar refractivity (Wildman–Crippen MR) is 140 cm³/mol. The summed E-state index contributed by atoms with van der Waals surface area (Å²) in [5.41, 5.74) is 3.91. The predicted octanol–water partition coefficient (Wildman–Crippen LogP) is 6.52. The standard InChI is InChI=1S/C30H31NO6/c1-4-16-34-18-23-12-15-26(30(32)33-3)28(17-23)36-19-22-10-13-25(14-11-22)35-20-27-21(2)37-29(31-27)24-8-6-5-7-9-24/h5-15,17H,4,16,18-20H2,1-3H3. The van der Waals surface area contributed by atoms with E-state index in [4.69, 9.17) is 23.4 Å². The molecule has 0 aliphatic rings. The molecule has 0 saturated heterocycles. The molecule has 0 aliphatic heterocycles. The van der Waals surface area contributed by atoms with Gasteiger partial charge >= 0.3 is 5.97 Å². The third-order valence-electron chi connectivity index (χ3n) is 5.68. The Labute approximate surface area is 217 Å². The molecule has 4 rings (SSSR count). The van der Waals surface area contributed by atoms with E-state index in [2.05, 4.69) is 11.9 Å². The van der Waals surface area contributed by atoms with E-state index in [1.165, 1.54) is 7.11 Å². The summed E-state index contributed by atoms with van der Waals surface area (Å²) in [5, 5.41) is 0. The lowest BCUT2D eigenvalue weighted by atomic mass is 10.1. The van der Waals surface area contributed by atoms with Crippen LogP contribution in [0.1, 0.15) is 46.3 Å². The zero-order valence-corrected chi connectivity index (χ0v) is 21.4. The molecule has 1 aromatic heterocycles. The zero-order valence-electron chi connectivity index (χ0n) is 21.4. The van der Waals surface area contributed by atoms with Gasteiger partial charge in [-0.2, -0.15) is 0 Å². The summed E-state index contributed by atoms with van der Waals surface area (Å²) in [7, 11) is 1.35. The molecule has 0 amide bonds. The summed E-state index contributed by atoms with van der Waals surface area (Å²) in [4.78, 5) is 16.8. The van der Waals surface area contributed by atoms with Gasteiger partial charge in [0, 0.05) is 12.2 Å². The van der Waals surface area contributed by atoms with Crippen molar-refractivity contribution < 1.29 is 28.2 Å². The van der Waals surface area contributed by atoms with Crippen LogP contribution in [-0.4, -0.2) is 24.7 Å². The highest BCUT2D eigenvalue weighted by atomic mass is 16.5. The van der Waals surface area contributed by atoms with Gasteiger partial charge in [0.25, 0.3) is 0 Å². The van der Waals surface area contributed by atoms with Crippen LogP contribution in [-0.2, 0) is 29.3 Å². The van der Waals surface area contributed by atoms with E-state index in [1.807, 2.05) is 73.7 Å². The third-order valence-corrected chi connectivity index (χ3v) is 5.68. The van der Waals surface area contributed by atoms with Crippen molar-refractivity contribution in [2.75, 3.05) is 13.7 Å². The van der Waals surface area contributed by atoms with Crippen LogP contribution in [0.2, 0.25) is 0 Å². The maximum Gasteiger partial charge on any atom is 0.341 e. The monoisotopic (exact) mass is 501 g/mol. The van der Waals surface area contributed by atoms with Crippen LogP contribution in [0, 0.1) is 6.92 Å². The molecular formula is C30H31NO6. The van der Waals surface area contributed by atoms with E-state index in [0.29, 0.717) is 42.8 Å². The Balaban J connectivity index is 1.36. The molecule has 1 heterocycles. The minimum Gasteiger partial charge on any atom is -0.488 e. The van der Waals surface area contributed by atoms with Crippen LogP contribution in [0.15, 0.2) is 77.2 Å². The Bertz CT molecular complexity index is 1300. The molecule has 192 valence electrons. The Hall–Kier alpha value is -4.10. The number of benzene rings is 3. The lowest BCUT2D eigenvalue weighted by Crippen LogP contribution is -2.07. The van der Waals surface area contributed by atoms with Gasteiger partial charge < -0.3 is 23.4 Å². The average Bonchev–Trinajstić information content (AvgIpc) is 3.32. The van der Waals surface area contributed by atoms with E-state index < -0.39 is 5.97 Å². The maximum absolute atomic E-state index is 12.2. The summed E-state index contributed by atoms with van der Waals surface area (Å²) in [5.74, 6) is 2.03. The number of hydrogen-bond acceptors (Lipinski definition) is 7. The molecule has 7 heteroatoms. The normalized spacial score (nSPS) is 10.8. The molecule has 0 radical (unpaired) electrons. The van der Waals surface area contributed by atoms with Gasteiger partial charge in [0.2, 0.25) is 5.89 Å². The first kappa shape index (κ1) is 26.0. The van der Waals surface area contributed by atoms with Crippen LogP contribution in [0.4, 0.5) is 0 Å². The number of aryl methyl sites for hydroxylation is 1. The molecule has 37 heavy (non-hydrogen) atoms. The minimum absolute atomic E-state index is 0.284. The van der Waals surface area contributed by atoms with Crippen LogP contribution >= 0.6 is 0 Å². The Morgan fingerprint density at radius 3 is 2.38 bits per heavy atom. The highest BCUT2D eigenvalue weighted by molar-refractivity contribution is 5.92. The summed E-state index contributed by atoms with van der Waals surface area (Å²) in [6, 6.07) is 22.8. The van der Waals surface area contributed by atoms with Crippen molar-refractivity contribution in [1.29, 1.82) is 0 Å². The number of rotatable bonds is 12. The van der Waals surface area contributed by atoms with Gasteiger partial charge in [0.1, 0.15) is 41.7 Å². The lowest BCUT2D eigenvalue weighted by molar-refractivity contribution is 0.0595. The van der Waals surface area contributed by atoms with Crippen molar-refractivity contribution in [2.24, 2.45) is 0 Å². The molecule has 0 spiro atoms. The van der Waals surface area contributed by atoms with Gasteiger partial charge in [-0.3, -0.25) is 0 Å². The van der Waals surface area contributed by atoms with Crippen LogP contribution in [0.25, 0.3) is 11.5 Å². The highest BCUT2D eigenvalue weighted by Crippen LogP contribution is 2.25. The second-order valence-electron chi connectivity index (χ2n) is 8.48. The molecule has 0 aliphatic carbocycles. The molecule has 0 unspecified atom stereocenters. The molecule has 4 aromatic rings. The topological polar surface area (TPSA) is 80.0 Å². The first-order valence-corrected chi connectivity index (χ1v) is 12.2. The first-order chi connectivity index (χ1) is 18.1. The lowest BCUT2D eigenvalue weighted by Gasteiger charge is -2.13. The Morgan fingerprint density at radius 2 is 1.65 bits per heavy atom. The van der Waals surface area contributed by atoms with Crippen molar-refractivity contribution in [3.63, 3.8) is 0 Å². The van der Waals surface area contributed by atoms with Crippen molar-refractivity contribution in [2.45, 2.75) is 40.1 Å². The summed E-state index contributed by atoms with van der Waals surface area (Å²) < 4.78 is 28.3. The van der Waals surface area contributed by atoms with Gasteiger partial charge in [0.05, 0.1) is 13.7 Å². The van der Waals surface area contributed by atoms with Crippen molar-refractivity contribution in [3.05, 3.63) is 101 Å². The molecule has 0 bridgehead atoms. The van der Waals surface area contributed by atoms with Crippen molar-refractivity contribution in [1.82, 2.24) is 4.98 Å². The first-order valence-electron chi connectivity index (χ1n) is 12.2. The van der Waals surface area contributed by atoms with Gasteiger partial charge in [-0.25, -0.2) is 9.78 Å². The van der Waals surface area contributed by atoms with Gasteiger partial charge in [-0.1, -0.05) is 43.3 Å². The van der Waals surface area contributed by atoms with E-state index in [0.717, 1.165) is 34.6 Å². The number of nitrogens with zero attached hydrogens (tertiary/aromatic N) is 1. The van der Waals surface area contributed by atoms with Crippen molar-refractivity contribution >= 4 is 5.97 Å². The second-order valence-corrected chi connectivity index (χ2v) is 8.48. The maximum atomic E-state index is 12.2. The average molecular weight is 502 g/mol. The number of oxazole rings is 1. The summed E-state index contributed by atoms with van der Waals surface area (Å²) >= 11 is 0. The minimum atomic E-state index is -0.446. The van der Waals surface area contributed by atoms with E-state index in [9.17, 15) is 4.79 Å². The number of ether oxygens (including phenoxy) is 4. The quantitative estimate of drug-likeness (QED) is 0.161.